The van der Waals surface area contributed by atoms with Crippen LogP contribution in [0.15, 0.2) is 13.6 Å². The summed E-state index contributed by atoms with van der Waals surface area (Å²) in [5.74, 6) is 0.406. The van der Waals surface area contributed by atoms with E-state index in [9.17, 15) is 4.79 Å². The van der Waals surface area contributed by atoms with Crippen LogP contribution >= 0.6 is 0 Å². The molecule has 3 heteroatoms. The van der Waals surface area contributed by atoms with Crippen LogP contribution in [0.2, 0.25) is 0 Å². The maximum absolute atomic E-state index is 10.3. The summed E-state index contributed by atoms with van der Waals surface area (Å²) < 4.78 is 9.14. The zero-order chi connectivity index (χ0) is 6.85. The van der Waals surface area contributed by atoms with Gasteiger partial charge in [0.1, 0.15) is 5.76 Å². The van der Waals surface area contributed by atoms with Gasteiger partial charge in [-0.25, -0.2) is 4.79 Å². The second-order valence-electron chi connectivity index (χ2n) is 1.66. The fraction of sp³-hybridized carbons (Fsp3) is 0.333. The van der Waals surface area contributed by atoms with E-state index in [1.54, 1.807) is 20.3 Å². The summed E-state index contributed by atoms with van der Waals surface area (Å²) in [6, 6.07) is 0. The van der Waals surface area contributed by atoms with E-state index in [1.807, 2.05) is 0 Å². The molecule has 0 amide bonds. The van der Waals surface area contributed by atoms with Gasteiger partial charge >= 0.3 is 5.82 Å². The van der Waals surface area contributed by atoms with Crippen molar-refractivity contribution in [3.8, 4) is 0 Å². The van der Waals surface area contributed by atoms with E-state index in [0.29, 0.717) is 11.5 Å². The van der Waals surface area contributed by atoms with Crippen LogP contribution in [0.1, 0.15) is 18.4 Å². The summed E-state index contributed by atoms with van der Waals surface area (Å²) in [5.41, 5.74) is 0. The van der Waals surface area contributed by atoms with Crippen molar-refractivity contribution in [3.05, 3.63) is 28.6 Å². The Hall–Kier alpha value is -0.990. The number of aryl methyl sites for hydroxylation is 1. The average molecular weight is 127 g/mol. The topological polar surface area (TPSA) is 43.4 Å². The van der Waals surface area contributed by atoms with E-state index >= 15 is 0 Å². The SMILES string of the molecule is C[CH]c1oc(=O)oc1C. The first-order chi connectivity index (χ1) is 4.24. The number of hydrogen-bond acceptors (Lipinski definition) is 3. The molecule has 3 nitrogen and oxygen atoms in total. The first kappa shape index (κ1) is 6.13. The largest absolute Gasteiger partial charge is 0.519 e. The van der Waals surface area contributed by atoms with Gasteiger partial charge in [-0.1, -0.05) is 6.92 Å². The molecule has 1 heterocycles. The van der Waals surface area contributed by atoms with E-state index in [0.717, 1.165) is 0 Å². The van der Waals surface area contributed by atoms with E-state index in [2.05, 4.69) is 8.83 Å². The monoisotopic (exact) mass is 127 g/mol. The minimum absolute atomic E-state index is 0.514. The van der Waals surface area contributed by atoms with Crippen molar-refractivity contribution in [2.45, 2.75) is 13.8 Å². The second kappa shape index (κ2) is 2.09. The highest BCUT2D eigenvalue weighted by molar-refractivity contribution is 5.09. The summed E-state index contributed by atoms with van der Waals surface area (Å²) in [7, 11) is 0. The van der Waals surface area contributed by atoms with Gasteiger partial charge in [0.2, 0.25) is 0 Å². The second-order valence-corrected chi connectivity index (χ2v) is 1.66. The van der Waals surface area contributed by atoms with Gasteiger partial charge in [-0.2, -0.15) is 0 Å². The molecule has 0 aliphatic rings. The molecule has 9 heavy (non-hydrogen) atoms. The maximum Gasteiger partial charge on any atom is 0.519 e. The predicted molar refractivity (Wildman–Crippen MR) is 31.1 cm³/mol. The summed E-state index contributed by atoms with van der Waals surface area (Å²) in [4.78, 5) is 10.3. The molecular weight excluding hydrogens is 120 g/mol. The predicted octanol–water partition coefficient (Wildman–Crippen LogP) is 1.11. The van der Waals surface area contributed by atoms with Crippen LogP contribution in [0.4, 0.5) is 0 Å². The van der Waals surface area contributed by atoms with Crippen molar-refractivity contribution in [2.75, 3.05) is 0 Å². The van der Waals surface area contributed by atoms with Crippen molar-refractivity contribution >= 4 is 0 Å². The Balaban J connectivity index is 3.16. The normalized spacial score (nSPS) is 10.0. The average Bonchev–Trinajstić information content (AvgIpc) is 2.10. The van der Waals surface area contributed by atoms with Crippen molar-refractivity contribution in [2.24, 2.45) is 0 Å². The Morgan fingerprint density at radius 1 is 1.44 bits per heavy atom. The molecule has 0 saturated carbocycles. The van der Waals surface area contributed by atoms with E-state index in [4.69, 9.17) is 0 Å². The van der Waals surface area contributed by atoms with Gasteiger partial charge in [0.05, 0.1) is 0 Å². The van der Waals surface area contributed by atoms with Gasteiger partial charge in [-0.05, 0) is 6.92 Å². The van der Waals surface area contributed by atoms with Crippen LogP contribution in [0, 0.1) is 13.3 Å². The first-order valence-electron chi connectivity index (χ1n) is 2.64. The zero-order valence-electron chi connectivity index (χ0n) is 5.30. The minimum atomic E-state index is -0.638. The molecule has 0 saturated heterocycles. The maximum atomic E-state index is 10.3. The fourth-order valence-electron chi connectivity index (χ4n) is 0.620. The highest BCUT2D eigenvalue weighted by atomic mass is 16.6. The molecule has 0 aliphatic carbocycles. The summed E-state index contributed by atoms with van der Waals surface area (Å²) in [6.45, 7) is 3.46. The Morgan fingerprint density at radius 3 is 2.33 bits per heavy atom. The van der Waals surface area contributed by atoms with Gasteiger partial charge in [-0.3, -0.25) is 0 Å². The Bertz CT molecular complexity index is 243. The quantitative estimate of drug-likeness (QED) is 0.567. The molecule has 0 fully saturated rings. The van der Waals surface area contributed by atoms with Crippen LogP contribution in [-0.4, -0.2) is 0 Å². The van der Waals surface area contributed by atoms with Crippen LogP contribution in [0.25, 0.3) is 0 Å². The number of rotatable bonds is 1. The molecule has 49 valence electrons. The molecule has 0 N–H and O–H groups in total. The lowest BCUT2D eigenvalue weighted by molar-refractivity contribution is 0.374. The van der Waals surface area contributed by atoms with Gasteiger partial charge in [-0.15, -0.1) is 0 Å². The standard InChI is InChI=1S/C6H7O3/c1-3-5-4(2)8-6(7)9-5/h3H,1-2H3. The lowest BCUT2D eigenvalue weighted by Gasteiger charge is -1.81. The Kier molecular flexibility index (Phi) is 1.42. The van der Waals surface area contributed by atoms with Gasteiger partial charge in [0.15, 0.2) is 5.76 Å². The van der Waals surface area contributed by atoms with Crippen molar-refractivity contribution in [1.29, 1.82) is 0 Å². The third-order valence-corrected chi connectivity index (χ3v) is 1.04. The number of hydrogen-bond donors (Lipinski definition) is 0. The van der Waals surface area contributed by atoms with Gasteiger partial charge in [0.25, 0.3) is 0 Å². The lowest BCUT2D eigenvalue weighted by atomic mass is 10.3. The highest BCUT2D eigenvalue weighted by Crippen LogP contribution is 2.05. The summed E-state index contributed by atoms with van der Waals surface area (Å²) >= 11 is 0. The van der Waals surface area contributed by atoms with E-state index in [-0.39, 0.29) is 0 Å². The molecule has 0 aromatic carbocycles. The van der Waals surface area contributed by atoms with Crippen molar-refractivity contribution in [1.82, 2.24) is 0 Å². The summed E-state index contributed by atoms with van der Waals surface area (Å²) in [6.07, 6.45) is 1.68. The van der Waals surface area contributed by atoms with Gasteiger partial charge in [0, 0.05) is 6.42 Å². The molecule has 0 atom stereocenters. The fourth-order valence-corrected chi connectivity index (χ4v) is 0.620. The van der Waals surface area contributed by atoms with E-state index in [1.165, 1.54) is 0 Å². The van der Waals surface area contributed by atoms with Crippen LogP contribution in [0.5, 0.6) is 0 Å². The van der Waals surface area contributed by atoms with Crippen molar-refractivity contribution < 1.29 is 8.83 Å². The third kappa shape index (κ3) is 1.04. The minimum Gasteiger partial charge on any atom is -0.396 e. The van der Waals surface area contributed by atoms with Gasteiger partial charge < -0.3 is 8.83 Å². The molecular formula is C6H7O3. The highest BCUT2D eigenvalue weighted by Gasteiger charge is 2.03. The molecule has 1 aromatic rings. The molecule has 1 aromatic heterocycles. The third-order valence-electron chi connectivity index (χ3n) is 1.04. The lowest BCUT2D eigenvalue weighted by Crippen LogP contribution is -1.85. The Morgan fingerprint density at radius 2 is 2.11 bits per heavy atom. The zero-order valence-corrected chi connectivity index (χ0v) is 5.30. The molecule has 1 radical (unpaired) electrons. The van der Waals surface area contributed by atoms with Crippen LogP contribution in [-0.2, 0) is 0 Å². The summed E-state index contributed by atoms with van der Waals surface area (Å²) in [5, 5.41) is 0. The molecule has 0 spiro atoms. The first-order valence-corrected chi connectivity index (χ1v) is 2.64. The molecule has 0 bridgehead atoms. The smallest absolute Gasteiger partial charge is 0.396 e. The molecule has 1 rings (SSSR count). The van der Waals surface area contributed by atoms with Crippen LogP contribution in [0.3, 0.4) is 0 Å². The molecule has 0 aliphatic heterocycles. The van der Waals surface area contributed by atoms with E-state index < -0.39 is 5.82 Å². The van der Waals surface area contributed by atoms with Crippen molar-refractivity contribution in [3.63, 3.8) is 0 Å². The van der Waals surface area contributed by atoms with Crippen LogP contribution < -0.4 is 5.82 Å². The molecule has 0 unspecified atom stereocenters. The Labute approximate surface area is 52.3 Å².